The van der Waals surface area contributed by atoms with E-state index in [0.29, 0.717) is 55.7 Å². The van der Waals surface area contributed by atoms with Crippen molar-refractivity contribution < 1.29 is 14.3 Å². The van der Waals surface area contributed by atoms with E-state index in [1.807, 2.05) is 30.8 Å². The standard InChI is InChI=1S/C30H37N9O3/c1-4-30(9-10-30)17-42-29-36-26(27(40)34-19(2)21-5-6-21)35-28(37-29)39-11-7-20(8-12-39)16-41-24-13-22(14-32-25(24)31)23-15-38(3)18-33-23/h1,13-15,18-21H,5-12,16-17H2,2-3H3,(H2,31,32)(H,34,40)/t19-/m0/s1. The molecule has 42 heavy (non-hydrogen) atoms. The molecule has 4 heterocycles. The van der Waals surface area contributed by atoms with Crippen molar-refractivity contribution in [3.8, 4) is 35.4 Å². The van der Waals surface area contributed by atoms with Crippen molar-refractivity contribution in [1.82, 2.24) is 34.8 Å². The van der Waals surface area contributed by atoms with Crippen LogP contribution in [-0.4, -0.2) is 67.7 Å². The van der Waals surface area contributed by atoms with Crippen LogP contribution >= 0.6 is 0 Å². The second-order valence-electron chi connectivity index (χ2n) is 11.8. The van der Waals surface area contributed by atoms with Gasteiger partial charge in [0.15, 0.2) is 11.6 Å². The van der Waals surface area contributed by atoms with Gasteiger partial charge in [-0.15, -0.1) is 6.42 Å². The SMILES string of the molecule is C#CC1(COc2nc(C(=O)N[C@@H](C)C3CC3)nc(N3CCC(COc4cc(-c5cn(C)cn5)cnc4N)CC3)n2)CC1. The van der Waals surface area contributed by atoms with Gasteiger partial charge in [0.05, 0.1) is 24.0 Å². The molecule has 2 saturated carbocycles. The van der Waals surface area contributed by atoms with Crippen LogP contribution in [0.3, 0.4) is 0 Å². The van der Waals surface area contributed by atoms with Crippen molar-refractivity contribution in [2.75, 3.05) is 36.9 Å². The number of terminal acetylenes is 1. The molecule has 0 bridgehead atoms. The molecular weight excluding hydrogens is 534 g/mol. The van der Waals surface area contributed by atoms with Crippen LogP contribution in [0.15, 0.2) is 24.8 Å². The number of hydrogen-bond donors (Lipinski definition) is 2. The molecule has 0 unspecified atom stereocenters. The topological polar surface area (TPSA) is 146 Å². The van der Waals surface area contributed by atoms with Crippen molar-refractivity contribution in [3.63, 3.8) is 0 Å². The highest BCUT2D eigenvalue weighted by atomic mass is 16.5. The largest absolute Gasteiger partial charge is 0.489 e. The molecule has 12 heteroatoms. The smallest absolute Gasteiger partial charge is 0.322 e. The maximum Gasteiger partial charge on any atom is 0.322 e. The zero-order chi connectivity index (χ0) is 29.3. The summed E-state index contributed by atoms with van der Waals surface area (Å²) in [7, 11) is 1.92. The molecule has 0 radical (unpaired) electrons. The normalized spacial score (nSPS) is 18.6. The number of piperidine rings is 1. The predicted octanol–water partition coefficient (Wildman–Crippen LogP) is 2.87. The summed E-state index contributed by atoms with van der Waals surface area (Å²) in [4.78, 5) is 37.3. The Balaban J connectivity index is 1.10. The van der Waals surface area contributed by atoms with Gasteiger partial charge in [-0.2, -0.15) is 15.0 Å². The van der Waals surface area contributed by atoms with E-state index < -0.39 is 0 Å². The molecule has 0 aromatic carbocycles. The third kappa shape index (κ3) is 6.40. The van der Waals surface area contributed by atoms with E-state index in [1.54, 1.807) is 12.5 Å². The lowest BCUT2D eigenvalue weighted by atomic mass is 9.98. The van der Waals surface area contributed by atoms with E-state index in [-0.39, 0.29) is 29.2 Å². The Morgan fingerprint density at radius 3 is 2.64 bits per heavy atom. The van der Waals surface area contributed by atoms with Gasteiger partial charge < -0.3 is 30.0 Å². The summed E-state index contributed by atoms with van der Waals surface area (Å²) in [5, 5.41) is 3.04. The molecule has 220 valence electrons. The lowest BCUT2D eigenvalue weighted by Gasteiger charge is -2.32. The monoisotopic (exact) mass is 571 g/mol. The number of aromatic nitrogens is 6. The number of hydrogen-bond acceptors (Lipinski definition) is 10. The maximum atomic E-state index is 13.1. The summed E-state index contributed by atoms with van der Waals surface area (Å²) >= 11 is 0. The van der Waals surface area contributed by atoms with Crippen molar-refractivity contribution in [2.24, 2.45) is 24.3 Å². The maximum absolute atomic E-state index is 13.1. The average Bonchev–Trinajstić information content (AvgIpc) is 3.94. The molecule has 1 saturated heterocycles. The van der Waals surface area contributed by atoms with Gasteiger partial charge in [-0.3, -0.25) is 4.79 Å². The highest BCUT2D eigenvalue weighted by molar-refractivity contribution is 5.91. The molecule has 3 aliphatic rings. The zero-order valence-electron chi connectivity index (χ0n) is 24.1. The minimum atomic E-state index is -0.316. The quantitative estimate of drug-likeness (QED) is 0.329. The van der Waals surface area contributed by atoms with Crippen LogP contribution in [0.5, 0.6) is 11.8 Å². The summed E-state index contributed by atoms with van der Waals surface area (Å²) in [5.41, 5.74) is 7.51. The molecule has 3 fully saturated rings. The fourth-order valence-electron chi connectivity index (χ4n) is 5.10. The number of amides is 1. The third-order valence-electron chi connectivity index (χ3n) is 8.39. The summed E-state index contributed by atoms with van der Waals surface area (Å²) in [6, 6.07) is 2.09. The van der Waals surface area contributed by atoms with E-state index in [4.69, 9.17) is 21.6 Å². The first kappa shape index (κ1) is 27.8. The van der Waals surface area contributed by atoms with E-state index in [1.165, 1.54) is 0 Å². The lowest BCUT2D eigenvalue weighted by Crippen LogP contribution is -2.38. The van der Waals surface area contributed by atoms with Gasteiger partial charge in [0, 0.05) is 44.1 Å². The Bertz CT molecular complexity index is 1480. The number of imidazole rings is 1. The zero-order valence-corrected chi connectivity index (χ0v) is 24.1. The number of carbonyl (C=O) groups excluding carboxylic acids is 1. The Hall–Kier alpha value is -4.40. The number of nitrogen functional groups attached to an aromatic ring is 1. The van der Waals surface area contributed by atoms with Gasteiger partial charge in [-0.05, 0) is 63.4 Å². The van der Waals surface area contributed by atoms with Gasteiger partial charge in [0.25, 0.3) is 5.91 Å². The van der Waals surface area contributed by atoms with Crippen LogP contribution < -0.4 is 25.4 Å². The van der Waals surface area contributed by atoms with Crippen molar-refractivity contribution in [3.05, 3.63) is 30.6 Å². The Morgan fingerprint density at radius 1 is 1.19 bits per heavy atom. The van der Waals surface area contributed by atoms with Crippen LogP contribution in [0.25, 0.3) is 11.3 Å². The molecule has 1 amide bonds. The molecule has 6 rings (SSSR count). The van der Waals surface area contributed by atoms with Gasteiger partial charge in [0.2, 0.25) is 11.8 Å². The molecule has 1 aliphatic heterocycles. The second kappa shape index (κ2) is 11.5. The van der Waals surface area contributed by atoms with E-state index in [9.17, 15) is 4.79 Å². The van der Waals surface area contributed by atoms with Gasteiger partial charge in [-0.1, -0.05) is 5.92 Å². The summed E-state index contributed by atoms with van der Waals surface area (Å²) < 4.78 is 13.9. The van der Waals surface area contributed by atoms with Crippen molar-refractivity contribution >= 4 is 17.7 Å². The van der Waals surface area contributed by atoms with Crippen LogP contribution in [0.4, 0.5) is 11.8 Å². The average molecular weight is 572 g/mol. The third-order valence-corrected chi connectivity index (χ3v) is 8.39. The highest BCUT2D eigenvalue weighted by Gasteiger charge is 2.42. The Labute approximate surface area is 245 Å². The van der Waals surface area contributed by atoms with Crippen molar-refractivity contribution in [2.45, 2.75) is 51.5 Å². The number of ether oxygens (including phenoxy) is 2. The molecule has 12 nitrogen and oxygen atoms in total. The summed E-state index contributed by atoms with van der Waals surface area (Å²) in [6.07, 6.45) is 16.9. The molecule has 0 spiro atoms. The molecule has 3 aromatic heterocycles. The van der Waals surface area contributed by atoms with Crippen LogP contribution in [-0.2, 0) is 7.05 Å². The molecule has 2 aliphatic carbocycles. The molecule has 3 aromatic rings. The molecular formula is C30H37N9O3. The number of pyridine rings is 1. The number of aryl methyl sites for hydroxylation is 1. The van der Waals surface area contributed by atoms with Crippen LogP contribution in [0.2, 0.25) is 0 Å². The Kier molecular flexibility index (Phi) is 7.58. The number of anilines is 2. The fraction of sp³-hybridized carbons (Fsp3) is 0.533. The Morgan fingerprint density at radius 2 is 1.98 bits per heavy atom. The van der Waals surface area contributed by atoms with Crippen molar-refractivity contribution in [1.29, 1.82) is 0 Å². The van der Waals surface area contributed by atoms with Gasteiger partial charge >= 0.3 is 6.01 Å². The van der Waals surface area contributed by atoms with Crippen LogP contribution in [0.1, 0.15) is 56.1 Å². The highest BCUT2D eigenvalue weighted by Crippen LogP contribution is 2.45. The van der Waals surface area contributed by atoms with E-state index in [2.05, 4.69) is 41.1 Å². The number of nitrogens with zero attached hydrogens (tertiary/aromatic N) is 7. The molecule has 1 atom stereocenters. The lowest BCUT2D eigenvalue weighted by molar-refractivity contribution is 0.0923. The van der Waals surface area contributed by atoms with Crippen LogP contribution in [0, 0.1) is 29.6 Å². The first-order valence-corrected chi connectivity index (χ1v) is 14.6. The number of nitrogens with two attached hydrogens (primary N) is 1. The minimum absolute atomic E-state index is 0.0641. The first-order chi connectivity index (χ1) is 20.3. The predicted molar refractivity (Wildman–Crippen MR) is 157 cm³/mol. The van der Waals surface area contributed by atoms with Gasteiger partial charge in [-0.25, -0.2) is 9.97 Å². The van der Waals surface area contributed by atoms with Gasteiger partial charge in [0.1, 0.15) is 6.61 Å². The van der Waals surface area contributed by atoms with E-state index in [0.717, 1.165) is 49.8 Å². The molecule has 3 N–H and O–H groups in total. The number of nitrogens with one attached hydrogen (secondary N) is 1. The van der Waals surface area contributed by atoms with E-state index >= 15 is 0 Å². The summed E-state index contributed by atoms with van der Waals surface area (Å²) in [6.45, 7) is 4.26. The fourth-order valence-corrected chi connectivity index (χ4v) is 5.10. The number of rotatable bonds is 11. The number of carbonyl (C=O) groups is 1. The second-order valence-corrected chi connectivity index (χ2v) is 11.8. The minimum Gasteiger partial charge on any atom is -0.489 e. The summed E-state index contributed by atoms with van der Waals surface area (Å²) in [5.74, 6) is 4.73. The first-order valence-electron chi connectivity index (χ1n) is 14.6.